The highest BCUT2D eigenvalue weighted by Gasteiger charge is 2.29. The van der Waals surface area contributed by atoms with Crippen molar-refractivity contribution in [2.45, 2.75) is 20.3 Å². The van der Waals surface area contributed by atoms with Crippen LogP contribution in [0.25, 0.3) is 0 Å². The van der Waals surface area contributed by atoms with Gasteiger partial charge >= 0.3 is 5.97 Å². The molecule has 0 aromatic heterocycles. The first-order valence-corrected chi connectivity index (χ1v) is 5.61. The van der Waals surface area contributed by atoms with Crippen LogP contribution < -0.4 is 4.74 Å². The number of methoxy groups -OCH3 is 1. The van der Waals surface area contributed by atoms with Crippen LogP contribution in [-0.2, 0) is 11.2 Å². The average Bonchev–Trinajstić information content (AvgIpc) is 2.32. The summed E-state index contributed by atoms with van der Waals surface area (Å²) in [6.45, 7) is 3.77. The van der Waals surface area contributed by atoms with Crippen LogP contribution in [0.15, 0.2) is 24.0 Å². The van der Waals surface area contributed by atoms with Gasteiger partial charge in [-0.05, 0) is 37.1 Å². The molecular formula is C14H14O4. The number of allylic oxidation sites excluding steroid dienone is 1. The van der Waals surface area contributed by atoms with E-state index >= 15 is 0 Å². The van der Waals surface area contributed by atoms with Gasteiger partial charge in [0.25, 0.3) is 0 Å². The van der Waals surface area contributed by atoms with E-state index in [1.807, 2.05) is 13.8 Å². The smallest absolute Gasteiger partial charge is 0.337 e. The summed E-state index contributed by atoms with van der Waals surface area (Å²) in [6, 6.07) is 3.22. The highest BCUT2D eigenvalue weighted by atomic mass is 16.5. The summed E-state index contributed by atoms with van der Waals surface area (Å²) < 4.78 is 10.1. The molecule has 0 radical (unpaired) electrons. The minimum atomic E-state index is -0.431. The highest BCUT2D eigenvalue weighted by molar-refractivity contribution is 6.10. The number of hydrogen-bond donors (Lipinski definition) is 0. The molecule has 0 N–H and O–H groups in total. The fraction of sp³-hybridized carbons (Fsp3) is 0.286. The largest absolute Gasteiger partial charge is 0.465 e. The molecule has 2 rings (SSSR count). The van der Waals surface area contributed by atoms with Gasteiger partial charge in [0.15, 0.2) is 5.78 Å². The van der Waals surface area contributed by atoms with Crippen LogP contribution in [-0.4, -0.2) is 18.9 Å². The molecule has 1 aliphatic carbocycles. The molecule has 0 bridgehead atoms. The van der Waals surface area contributed by atoms with Gasteiger partial charge in [0.05, 0.1) is 24.5 Å². The second-order valence-corrected chi connectivity index (χ2v) is 4.41. The molecule has 1 aromatic carbocycles. The summed E-state index contributed by atoms with van der Waals surface area (Å²) in [5, 5.41) is 0. The molecule has 94 valence electrons. The lowest BCUT2D eigenvalue weighted by molar-refractivity contribution is 0.0599. The maximum atomic E-state index is 11.5. The zero-order valence-electron chi connectivity index (χ0n) is 10.6. The van der Waals surface area contributed by atoms with Crippen LogP contribution in [0.3, 0.4) is 0 Å². The molecule has 0 unspecified atom stereocenters. The van der Waals surface area contributed by atoms with Crippen LogP contribution >= 0.6 is 0 Å². The number of esters is 1. The van der Waals surface area contributed by atoms with Gasteiger partial charge in [0, 0.05) is 6.42 Å². The summed E-state index contributed by atoms with van der Waals surface area (Å²) in [7, 11) is 1.32. The fourth-order valence-electron chi connectivity index (χ4n) is 1.79. The second kappa shape index (κ2) is 4.64. The van der Waals surface area contributed by atoms with Gasteiger partial charge in [0.2, 0.25) is 0 Å². The summed E-state index contributed by atoms with van der Waals surface area (Å²) in [5.74, 6) is 0.0307. The predicted molar refractivity (Wildman–Crippen MR) is 65.9 cm³/mol. The number of ether oxygens (including phenoxy) is 2. The Morgan fingerprint density at radius 2 is 2.06 bits per heavy atom. The van der Waals surface area contributed by atoms with Crippen molar-refractivity contribution in [2.75, 3.05) is 7.11 Å². The summed E-state index contributed by atoms with van der Waals surface area (Å²) >= 11 is 0. The molecule has 0 saturated heterocycles. The fourth-order valence-corrected chi connectivity index (χ4v) is 1.79. The second-order valence-electron chi connectivity index (χ2n) is 4.41. The van der Waals surface area contributed by atoms with E-state index in [9.17, 15) is 9.59 Å². The maximum Gasteiger partial charge on any atom is 0.337 e. The molecule has 4 nitrogen and oxygen atoms in total. The maximum absolute atomic E-state index is 11.5. The van der Waals surface area contributed by atoms with Crippen LogP contribution in [0.4, 0.5) is 0 Å². The van der Waals surface area contributed by atoms with Gasteiger partial charge in [-0.3, -0.25) is 4.79 Å². The Kier molecular flexibility index (Phi) is 3.19. The number of ketones is 1. The van der Waals surface area contributed by atoms with Gasteiger partial charge in [-0.15, -0.1) is 0 Å². The van der Waals surface area contributed by atoms with Gasteiger partial charge < -0.3 is 9.47 Å². The summed E-state index contributed by atoms with van der Waals surface area (Å²) in [5.41, 5.74) is 2.78. The van der Waals surface area contributed by atoms with Gasteiger partial charge in [-0.2, -0.15) is 0 Å². The standard InChI is InChI=1S/C14H14O4/c1-8(2)7-18-12-6-10(14(16)17-3)4-9-5-11(15)13(9)12/h4,6-7H,5H2,1-3H3. The number of carbonyl (C=O) groups is 2. The lowest BCUT2D eigenvalue weighted by Gasteiger charge is -2.21. The first-order valence-electron chi connectivity index (χ1n) is 5.61. The molecule has 0 atom stereocenters. The molecule has 18 heavy (non-hydrogen) atoms. The van der Waals surface area contributed by atoms with Crippen LogP contribution in [0, 0.1) is 0 Å². The number of fused-ring (bicyclic) bond motifs is 1. The quantitative estimate of drug-likeness (QED) is 0.607. The summed E-state index contributed by atoms with van der Waals surface area (Å²) in [6.07, 6.45) is 1.91. The molecule has 0 fully saturated rings. The topological polar surface area (TPSA) is 52.6 Å². The predicted octanol–water partition coefficient (Wildman–Crippen LogP) is 2.51. The third-order valence-corrected chi connectivity index (χ3v) is 2.66. The lowest BCUT2D eigenvalue weighted by atomic mass is 9.85. The minimum Gasteiger partial charge on any atom is -0.465 e. The van der Waals surface area contributed by atoms with Crippen molar-refractivity contribution in [1.82, 2.24) is 0 Å². The van der Waals surface area contributed by atoms with E-state index in [0.29, 0.717) is 23.3 Å². The highest BCUT2D eigenvalue weighted by Crippen LogP contribution is 2.34. The minimum absolute atomic E-state index is 0.0403. The first kappa shape index (κ1) is 12.4. The van der Waals surface area contributed by atoms with E-state index in [4.69, 9.17) is 4.74 Å². The van der Waals surface area contributed by atoms with Crippen LogP contribution in [0.5, 0.6) is 5.75 Å². The Bertz CT molecular complexity index is 551. The lowest BCUT2D eigenvalue weighted by Crippen LogP contribution is -2.21. The Labute approximate surface area is 105 Å². The number of hydrogen-bond acceptors (Lipinski definition) is 4. The van der Waals surface area contributed by atoms with Crippen molar-refractivity contribution < 1.29 is 19.1 Å². The van der Waals surface area contributed by atoms with Crippen LogP contribution in [0.1, 0.15) is 40.1 Å². The normalized spacial score (nSPS) is 12.3. The number of Topliss-reactive ketones (excluding diaryl/α,β-unsaturated/α-hetero) is 1. The SMILES string of the molecule is COC(=O)c1cc2c(c(OC=C(C)C)c1)C(=O)C2. The van der Waals surface area contributed by atoms with Crippen LogP contribution in [0.2, 0.25) is 0 Å². The van der Waals surface area contributed by atoms with E-state index in [2.05, 4.69) is 4.74 Å². The zero-order chi connectivity index (χ0) is 13.3. The number of carbonyl (C=O) groups excluding carboxylic acids is 2. The van der Waals surface area contributed by atoms with Crippen molar-refractivity contribution in [3.05, 3.63) is 40.7 Å². The molecule has 0 amide bonds. The van der Waals surface area contributed by atoms with E-state index < -0.39 is 5.97 Å². The third kappa shape index (κ3) is 2.14. The first-order chi connectivity index (χ1) is 8.52. The van der Waals surface area contributed by atoms with Gasteiger partial charge in [-0.1, -0.05) is 0 Å². The Morgan fingerprint density at radius 3 is 2.61 bits per heavy atom. The molecular weight excluding hydrogens is 232 g/mol. The Morgan fingerprint density at radius 1 is 1.33 bits per heavy atom. The summed E-state index contributed by atoms with van der Waals surface area (Å²) in [4.78, 5) is 23.0. The molecule has 1 aromatic rings. The van der Waals surface area contributed by atoms with E-state index in [-0.39, 0.29) is 5.78 Å². The zero-order valence-corrected chi connectivity index (χ0v) is 10.6. The molecule has 0 saturated carbocycles. The van der Waals surface area contributed by atoms with Crippen molar-refractivity contribution in [2.24, 2.45) is 0 Å². The third-order valence-electron chi connectivity index (χ3n) is 2.66. The van der Waals surface area contributed by atoms with Crippen molar-refractivity contribution in [3.8, 4) is 5.75 Å². The number of rotatable bonds is 3. The van der Waals surface area contributed by atoms with Gasteiger partial charge in [-0.25, -0.2) is 4.79 Å². The van der Waals surface area contributed by atoms with E-state index in [1.54, 1.807) is 18.4 Å². The monoisotopic (exact) mass is 246 g/mol. The van der Waals surface area contributed by atoms with Gasteiger partial charge in [0.1, 0.15) is 5.75 Å². The Balaban J connectivity index is 2.43. The molecule has 4 heteroatoms. The molecule has 0 spiro atoms. The molecule has 0 heterocycles. The molecule has 1 aliphatic rings. The molecule has 0 aliphatic heterocycles. The number of benzene rings is 1. The van der Waals surface area contributed by atoms with E-state index in [0.717, 1.165) is 11.1 Å². The van der Waals surface area contributed by atoms with Crippen molar-refractivity contribution in [1.29, 1.82) is 0 Å². The van der Waals surface area contributed by atoms with Crippen molar-refractivity contribution in [3.63, 3.8) is 0 Å². The van der Waals surface area contributed by atoms with E-state index in [1.165, 1.54) is 7.11 Å². The van der Waals surface area contributed by atoms with Crippen molar-refractivity contribution >= 4 is 11.8 Å². The average molecular weight is 246 g/mol. The Hall–Kier alpha value is -2.10.